The lowest BCUT2D eigenvalue weighted by Crippen LogP contribution is -2.27. The van der Waals surface area contributed by atoms with Gasteiger partial charge in [0.25, 0.3) is 5.91 Å². The molecule has 0 fully saturated rings. The molecule has 2 N–H and O–H groups in total. The van der Waals surface area contributed by atoms with Crippen LogP contribution in [0.3, 0.4) is 0 Å². The van der Waals surface area contributed by atoms with Crippen LogP contribution < -0.4 is 5.32 Å². The van der Waals surface area contributed by atoms with Crippen LogP contribution in [-0.4, -0.2) is 16.1 Å². The second-order valence-corrected chi connectivity index (χ2v) is 6.35. The van der Waals surface area contributed by atoms with E-state index >= 15 is 0 Å². The van der Waals surface area contributed by atoms with Crippen molar-refractivity contribution in [3.8, 4) is 10.6 Å². The Morgan fingerprint density at radius 1 is 1.27 bits per heavy atom. The van der Waals surface area contributed by atoms with Crippen molar-refractivity contribution < 1.29 is 4.79 Å². The first-order chi connectivity index (χ1) is 10.8. The van der Waals surface area contributed by atoms with E-state index < -0.39 is 0 Å². The molecule has 5 heteroatoms. The Kier molecular flexibility index (Phi) is 3.27. The lowest BCUT2D eigenvalue weighted by Gasteiger charge is -2.14. The fraction of sp³-hybridized carbons (Fsp3) is 0.176. The maximum atomic E-state index is 12.6. The molecule has 0 spiro atoms. The Morgan fingerprint density at radius 3 is 3.05 bits per heavy atom. The molecule has 2 aromatic heterocycles. The monoisotopic (exact) mass is 309 g/mol. The van der Waals surface area contributed by atoms with Crippen LogP contribution in [0.5, 0.6) is 0 Å². The molecule has 0 saturated heterocycles. The SMILES string of the molecule is O=C(NC1CCc2ccccc21)c1cn[nH]c1-c1cccs1. The Labute approximate surface area is 132 Å². The minimum absolute atomic E-state index is 0.0705. The largest absolute Gasteiger partial charge is 0.345 e. The molecule has 1 aliphatic carbocycles. The minimum Gasteiger partial charge on any atom is -0.345 e. The third-order valence-corrected chi connectivity index (χ3v) is 4.98. The highest BCUT2D eigenvalue weighted by atomic mass is 32.1. The molecule has 1 atom stereocenters. The molecular formula is C17H15N3OS. The minimum atomic E-state index is -0.0705. The maximum absolute atomic E-state index is 12.6. The molecule has 0 radical (unpaired) electrons. The second-order valence-electron chi connectivity index (χ2n) is 5.40. The van der Waals surface area contributed by atoms with E-state index in [1.807, 2.05) is 29.6 Å². The maximum Gasteiger partial charge on any atom is 0.255 e. The molecule has 2 heterocycles. The van der Waals surface area contributed by atoms with Gasteiger partial charge in [-0.25, -0.2) is 0 Å². The van der Waals surface area contributed by atoms with Gasteiger partial charge >= 0.3 is 0 Å². The normalized spacial score (nSPS) is 16.5. The van der Waals surface area contributed by atoms with Gasteiger partial charge < -0.3 is 5.32 Å². The van der Waals surface area contributed by atoms with Crippen LogP contribution in [0.4, 0.5) is 0 Å². The van der Waals surface area contributed by atoms with E-state index in [0.29, 0.717) is 5.56 Å². The van der Waals surface area contributed by atoms with Crippen LogP contribution in [0.1, 0.15) is 33.9 Å². The van der Waals surface area contributed by atoms with Crippen molar-refractivity contribution in [2.45, 2.75) is 18.9 Å². The standard InChI is InChI=1S/C17H15N3OS/c21-17(13-10-18-20-16(13)15-6-3-9-22-15)19-14-8-7-11-4-1-2-5-12(11)14/h1-6,9-10,14H,7-8H2,(H,18,20)(H,19,21). The number of carbonyl (C=O) groups excluding carboxylic acids is 1. The quantitative estimate of drug-likeness (QED) is 0.777. The summed E-state index contributed by atoms with van der Waals surface area (Å²) in [5.74, 6) is -0.0705. The van der Waals surface area contributed by atoms with Crippen molar-refractivity contribution in [1.82, 2.24) is 15.5 Å². The molecule has 0 saturated carbocycles. The number of hydrogen-bond donors (Lipinski definition) is 2. The Morgan fingerprint density at radius 2 is 2.18 bits per heavy atom. The molecule has 4 nitrogen and oxygen atoms in total. The number of nitrogens with one attached hydrogen (secondary N) is 2. The summed E-state index contributed by atoms with van der Waals surface area (Å²) in [5.41, 5.74) is 3.96. The number of aryl methyl sites for hydroxylation is 1. The molecule has 22 heavy (non-hydrogen) atoms. The van der Waals surface area contributed by atoms with Crippen LogP contribution in [0.2, 0.25) is 0 Å². The summed E-state index contributed by atoms with van der Waals surface area (Å²) in [5, 5.41) is 12.1. The zero-order chi connectivity index (χ0) is 14.9. The number of H-pyrrole nitrogens is 1. The van der Waals surface area contributed by atoms with Crippen molar-refractivity contribution in [2.75, 3.05) is 0 Å². The van der Waals surface area contributed by atoms with Gasteiger partial charge in [-0.05, 0) is 35.4 Å². The number of aromatic amines is 1. The third-order valence-electron chi connectivity index (χ3n) is 4.09. The molecular weight excluding hydrogens is 294 g/mol. The van der Waals surface area contributed by atoms with Gasteiger partial charge in [0.05, 0.1) is 28.4 Å². The van der Waals surface area contributed by atoms with Crippen LogP contribution in [0, 0.1) is 0 Å². The number of fused-ring (bicyclic) bond motifs is 1. The summed E-state index contributed by atoms with van der Waals surface area (Å²) in [6, 6.07) is 12.4. The predicted molar refractivity (Wildman–Crippen MR) is 86.9 cm³/mol. The summed E-state index contributed by atoms with van der Waals surface area (Å²) in [6.07, 6.45) is 3.58. The average molecular weight is 309 g/mol. The number of nitrogens with zero attached hydrogens (tertiary/aromatic N) is 1. The van der Waals surface area contributed by atoms with Crippen molar-refractivity contribution in [1.29, 1.82) is 0 Å². The van der Waals surface area contributed by atoms with Gasteiger partial charge in [-0.2, -0.15) is 5.10 Å². The van der Waals surface area contributed by atoms with Crippen molar-refractivity contribution >= 4 is 17.2 Å². The Hall–Kier alpha value is -2.40. The van der Waals surface area contributed by atoms with Crippen LogP contribution >= 0.6 is 11.3 Å². The Bertz CT molecular complexity index is 807. The zero-order valence-electron chi connectivity index (χ0n) is 11.9. The van der Waals surface area contributed by atoms with E-state index in [9.17, 15) is 4.79 Å². The molecule has 1 amide bonds. The van der Waals surface area contributed by atoms with Gasteiger partial charge in [0.15, 0.2) is 0 Å². The van der Waals surface area contributed by atoms with E-state index in [-0.39, 0.29) is 11.9 Å². The lowest BCUT2D eigenvalue weighted by molar-refractivity contribution is 0.0937. The summed E-state index contributed by atoms with van der Waals surface area (Å²) in [7, 11) is 0. The highest BCUT2D eigenvalue weighted by molar-refractivity contribution is 7.13. The van der Waals surface area contributed by atoms with E-state index in [0.717, 1.165) is 23.4 Å². The molecule has 0 bridgehead atoms. The fourth-order valence-electron chi connectivity index (χ4n) is 3.01. The van der Waals surface area contributed by atoms with Crippen molar-refractivity contribution in [2.24, 2.45) is 0 Å². The first-order valence-electron chi connectivity index (χ1n) is 7.29. The van der Waals surface area contributed by atoms with Gasteiger partial charge in [0, 0.05) is 0 Å². The Balaban J connectivity index is 1.58. The van der Waals surface area contributed by atoms with Crippen molar-refractivity contribution in [3.05, 3.63) is 64.7 Å². The molecule has 1 unspecified atom stereocenters. The first-order valence-corrected chi connectivity index (χ1v) is 8.17. The fourth-order valence-corrected chi connectivity index (χ4v) is 3.74. The summed E-state index contributed by atoms with van der Waals surface area (Å²) < 4.78 is 0. The third kappa shape index (κ3) is 2.23. The van der Waals surface area contributed by atoms with E-state index in [1.54, 1.807) is 17.5 Å². The molecule has 110 valence electrons. The second kappa shape index (κ2) is 5.42. The number of hydrogen-bond acceptors (Lipinski definition) is 3. The summed E-state index contributed by atoms with van der Waals surface area (Å²) in [6.45, 7) is 0. The van der Waals surface area contributed by atoms with Gasteiger partial charge in [0.1, 0.15) is 0 Å². The number of amides is 1. The highest BCUT2D eigenvalue weighted by Gasteiger charge is 2.25. The first kappa shape index (κ1) is 13.3. The number of rotatable bonds is 3. The van der Waals surface area contributed by atoms with Gasteiger partial charge in [-0.1, -0.05) is 30.3 Å². The number of aromatic nitrogens is 2. The van der Waals surface area contributed by atoms with E-state index in [1.165, 1.54) is 11.1 Å². The number of thiophene rings is 1. The molecule has 3 aromatic rings. The van der Waals surface area contributed by atoms with Gasteiger partial charge in [-0.15, -0.1) is 11.3 Å². The van der Waals surface area contributed by atoms with Gasteiger partial charge in [-0.3, -0.25) is 9.89 Å². The van der Waals surface area contributed by atoms with Crippen LogP contribution in [-0.2, 0) is 6.42 Å². The predicted octanol–water partition coefficient (Wildman–Crippen LogP) is 3.56. The van der Waals surface area contributed by atoms with Crippen LogP contribution in [0.15, 0.2) is 48.0 Å². The summed E-state index contributed by atoms with van der Waals surface area (Å²) >= 11 is 1.59. The smallest absolute Gasteiger partial charge is 0.255 e. The molecule has 4 rings (SSSR count). The van der Waals surface area contributed by atoms with Crippen molar-refractivity contribution in [3.63, 3.8) is 0 Å². The lowest BCUT2D eigenvalue weighted by atomic mass is 10.1. The van der Waals surface area contributed by atoms with E-state index in [4.69, 9.17) is 0 Å². The molecule has 1 aromatic carbocycles. The molecule has 0 aliphatic heterocycles. The number of benzene rings is 1. The highest BCUT2D eigenvalue weighted by Crippen LogP contribution is 2.32. The average Bonchev–Trinajstić information content (AvgIpc) is 3.27. The van der Waals surface area contributed by atoms with E-state index in [2.05, 4.69) is 27.6 Å². The van der Waals surface area contributed by atoms with Crippen LogP contribution in [0.25, 0.3) is 10.6 Å². The van der Waals surface area contributed by atoms with Gasteiger partial charge in [0.2, 0.25) is 0 Å². The zero-order valence-corrected chi connectivity index (χ0v) is 12.7. The topological polar surface area (TPSA) is 57.8 Å². The molecule has 1 aliphatic rings. The number of carbonyl (C=O) groups is 1. The summed E-state index contributed by atoms with van der Waals surface area (Å²) in [4.78, 5) is 13.6.